The highest BCUT2D eigenvalue weighted by atomic mass is 32.2. The number of rotatable bonds is 6. The van der Waals surface area contributed by atoms with Gasteiger partial charge in [-0.3, -0.25) is 4.79 Å². The van der Waals surface area contributed by atoms with Crippen LogP contribution in [0.15, 0.2) is 35.2 Å². The van der Waals surface area contributed by atoms with Crippen molar-refractivity contribution in [1.29, 1.82) is 0 Å². The van der Waals surface area contributed by atoms with E-state index in [-0.39, 0.29) is 16.9 Å². The van der Waals surface area contributed by atoms with Gasteiger partial charge in [0.1, 0.15) is 0 Å². The Labute approximate surface area is 124 Å². The van der Waals surface area contributed by atoms with E-state index in [1.807, 2.05) is 0 Å². The number of sulfonamides is 1. The molecule has 6 nitrogen and oxygen atoms in total. The summed E-state index contributed by atoms with van der Waals surface area (Å²) in [5, 5.41) is 2.71. The van der Waals surface area contributed by atoms with Crippen molar-refractivity contribution in [3.63, 3.8) is 0 Å². The van der Waals surface area contributed by atoms with E-state index in [0.717, 1.165) is 19.4 Å². The number of benzene rings is 1. The molecule has 2 atom stereocenters. The van der Waals surface area contributed by atoms with Crippen LogP contribution in [-0.4, -0.2) is 39.6 Å². The van der Waals surface area contributed by atoms with Gasteiger partial charge in [0.15, 0.2) is 0 Å². The maximum atomic E-state index is 12.1. The van der Waals surface area contributed by atoms with Crippen LogP contribution in [0.25, 0.3) is 0 Å². The number of carbonyl (C=O) groups is 1. The summed E-state index contributed by atoms with van der Waals surface area (Å²) in [5.74, 6) is -0.356. The van der Waals surface area contributed by atoms with Gasteiger partial charge < -0.3 is 10.1 Å². The topological polar surface area (TPSA) is 84.5 Å². The standard InChI is InChI=1S/C14H20N2O4S/c1-11(14(17)15-10-12-6-5-9-20-12)16-21(18,19)13-7-3-2-4-8-13/h2-4,7-8,11-12,16H,5-6,9-10H2,1H3,(H,15,17)/t11-,12+/m1/s1. The van der Waals surface area contributed by atoms with Gasteiger partial charge in [-0.05, 0) is 31.9 Å². The zero-order chi connectivity index (χ0) is 15.3. The molecule has 2 rings (SSSR count). The van der Waals surface area contributed by atoms with Crippen molar-refractivity contribution in [2.75, 3.05) is 13.2 Å². The lowest BCUT2D eigenvalue weighted by molar-refractivity contribution is -0.122. The first kappa shape index (κ1) is 15.9. The molecule has 116 valence electrons. The number of ether oxygens (including phenoxy) is 1. The third kappa shape index (κ3) is 4.52. The summed E-state index contributed by atoms with van der Waals surface area (Å²) in [6.07, 6.45) is 1.95. The second kappa shape index (κ2) is 7.02. The van der Waals surface area contributed by atoms with Crippen LogP contribution in [0.5, 0.6) is 0 Å². The predicted molar refractivity (Wildman–Crippen MR) is 78.2 cm³/mol. The van der Waals surface area contributed by atoms with Crippen molar-refractivity contribution >= 4 is 15.9 Å². The molecule has 1 amide bonds. The fourth-order valence-electron chi connectivity index (χ4n) is 2.13. The quantitative estimate of drug-likeness (QED) is 0.808. The molecule has 1 aliphatic rings. The Morgan fingerprint density at radius 3 is 2.71 bits per heavy atom. The fourth-order valence-corrected chi connectivity index (χ4v) is 3.35. The highest BCUT2D eigenvalue weighted by Crippen LogP contribution is 2.11. The number of hydrogen-bond donors (Lipinski definition) is 2. The van der Waals surface area contributed by atoms with Gasteiger partial charge >= 0.3 is 0 Å². The zero-order valence-electron chi connectivity index (χ0n) is 11.9. The summed E-state index contributed by atoms with van der Waals surface area (Å²) in [6.45, 7) is 2.65. The van der Waals surface area contributed by atoms with Gasteiger partial charge in [-0.1, -0.05) is 18.2 Å². The van der Waals surface area contributed by atoms with Crippen LogP contribution in [0.4, 0.5) is 0 Å². The fraction of sp³-hybridized carbons (Fsp3) is 0.500. The third-order valence-electron chi connectivity index (χ3n) is 3.31. The van der Waals surface area contributed by atoms with Gasteiger partial charge in [0.2, 0.25) is 15.9 Å². The summed E-state index contributed by atoms with van der Waals surface area (Å²) in [4.78, 5) is 12.1. The van der Waals surface area contributed by atoms with Crippen molar-refractivity contribution in [2.45, 2.75) is 36.8 Å². The molecule has 1 fully saturated rings. The van der Waals surface area contributed by atoms with Crippen LogP contribution in [0, 0.1) is 0 Å². The van der Waals surface area contributed by atoms with E-state index in [9.17, 15) is 13.2 Å². The molecular formula is C14H20N2O4S. The molecule has 0 aromatic heterocycles. The summed E-state index contributed by atoms with van der Waals surface area (Å²) in [5.41, 5.74) is 0. The predicted octanol–water partition coefficient (Wildman–Crippen LogP) is 0.649. The van der Waals surface area contributed by atoms with Gasteiger partial charge in [0.25, 0.3) is 0 Å². The summed E-state index contributed by atoms with van der Waals surface area (Å²) < 4.78 is 32.0. The molecular weight excluding hydrogens is 292 g/mol. The Kier molecular flexibility index (Phi) is 5.33. The molecule has 0 saturated carbocycles. The van der Waals surface area contributed by atoms with Crippen LogP contribution < -0.4 is 10.0 Å². The molecule has 1 aliphatic heterocycles. The first-order chi connectivity index (χ1) is 9.99. The molecule has 0 unspecified atom stereocenters. The molecule has 0 bridgehead atoms. The van der Waals surface area contributed by atoms with E-state index >= 15 is 0 Å². The maximum absolute atomic E-state index is 12.1. The van der Waals surface area contributed by atoms with Crippen LogP contribution >= 0.6 is 0 Å². The molecule has 1 heterocycles. The Morgan fingerprint density at radius 1 is 1.38 bits per heavy atom. The molecule has 1 aromatic rings. The van der Waals surface area contributed by atoms with Gasteiger partial charge in [-0.2, -0.15) is 4.72 Å². The molecule has 1 aromatic carbocycles. The zero-order valence-corrected chi connectivity index (χ0v) is 12.7. The van der Waals surface area contributed by atoms with E-state index in [0.29, 0.717) is 6.54 Å². The third-order valence-corrected chi connectivity index (χ3v) is 4.86. The van der Waals surface area contributed by atoms with Crippen LogP contribution in [-0.2, 0) is 19.6 Å². The van der Waals surface area contributed by atoms with E-state index < -0.39 is 16.1 Å². The van der Waals surface area contributed by atoms with Crippen molar-refractivity contribution in [1.82, 2.24) is 10.0 Å². The Hall–Kier alpha value is -1.44. The minimum atomic E-state index is -3.68. The van der Waals surface area contributed by atoms with Crippen LogP contribution in [0.2, 0.25) is 0 Å². The van der Waals surface area contributed by atoms with Crippen LogP contribution in [0.1, 0.15) is 19.8 Å². The second-order valence-corrected chi connectivity index (χ2v) is 6.75. The minimum absolute atomic E-state index is 0.0341. The van der Waals surface area contributed by atoms with Crippen molar-refractivity contribution in [3.8, 4) is 0 Å². The lowest BCUT2D eigenvalue weighted by atomic mass is 10.2. The highest BCUT2D eigenvalue weighted by molar-refractivity contribution is 7.89. The highest BCUT2D eigenvalue weighted by Gasteiger charge is 2.23. The largest absolute Gasteiger partial charge is 0.376 e. The summed E-state index contributed by atoms with van der Waals surface area (Å²) >= 11 is 0. The molecule has 0 aliphatic carbocycles. The van der Waals surface area contributed by atoms with Gasteiger partial charge in [0.05, 0.1) is 17.0 Å². The van der Waals surface area contributed by atoms with Crippen molar-refractivity contribution < 1.29 is 17.9 Å². The second-order valence-electron chi connectivity index (χ2n) is 5.04. The number of carbonyl (C=O) groups excluding carboxylic acids is 1. The smallest absolute Gasteiger partial charge is 0.241 e. The lowest BCUT2D eigenvalue weighted by Gasteiger charge is -2.16. The van der Waals surface area contributed by atoms with Crippen molar-refractivity contribution in [3.05, 3.63) is 30.3 Å². The van der Waals surface area contributed by atoms with Gasteiger partial charge in [-0.25, -0.2) is 8.42 Å². The number of amides is 1. The van der Waals surface area contributed by atoms with Crippen LogP contribution in [0.3, 0.4) is 0 Å². The van der Waals surface area contributed by atoms with E-state index in [4.69, 9.17) is 4.74 Å². The van der Waals surface area contributed by atoms with Gasteiger partial charge in [-0.15, -0.1) is 0 Å². The Morgan fingerprint density at radius 2 is 2.10 bits per heavy atom. The Balaban J connectivity index is 1.87. The minimum Gasteiger partial charge on any atom is -0.376 e. The normalized spacial score (nSPS) is 20.1. The SMILES string of the molecule is C[C@@H](NS(=O)(=O)c1ccccc1)C(=O)NC[C@@H]1CCCO1. The van der Waals surface area contributed by atoms with Crippen molar-refractivity contribution in [2.24, 2.45) is 0 Å². The first-order valence-corrected chi connectivity index (χ1v) is 8.44. The average Bonchev–Trinajstić information content (AvgIpc) is 2.98. The summed E-state index contributed by atoms with van der Waals surface area (Å²) in [6, 6.07) is 7.14. The summed E-state index contributed by atoms with van der Waals surface area (Å²) in [7, 11) is -3.68. The van der Waals surface area contributed by atoms with Gasteiger partial charge in [0, 0.05) is 13.2 Å². The lowest BCUT2D eigenvalue weighted by Crippen LogP contribution is -2.46. The maximum Gasteiger partial charge on any atom is 0.241 e. The molecule has 0 radical (unpaired) electrons. The van der Waals surface area contributed by atoms with E-state index in [1.54, 1.807) is 18.2 Å². The average molecular weight is 312 g/mol. The number of nitrogens with one attached hydrogen (secondary N) is 2. The first-order valence-electron chi connectivity index (χ1n) is 6.96. The number of hydrogen-bond acceptors (Lipinski definition) is 4. The molecule has 0 spiro atoms. The monoisotopic (exact) mass is 312 g/mol. The van der Waals surface area contributed by atoms with E-state index in [2.05, 4.69) is 10.0 Å². The molecule has 2 N–H and O–H groups in total. The van der Waals surface area contributed by atoms with E-state index in [1.165, 1.54) is 19.1 Å². The molecule has 21 heavy (non-hydrogen) atoms. The molecule has 7 heteroatoms. The molecule has 1 saturated heterocycles. The Bertz CT molecular complexity index is 568.